The molecule has 0 bridgehead atoms. The molecular weight excluding hydrogens is 493 g/mol. The van der Waals surface area contributed by atoms with E-state index in [1.807, 2.05) is 25.5 Å². The number of aliphatic imine (C=N–C) groups is 1. The van der Waals surface area contributed by atoms with Gasteiger partial charge in [0.05, 0.1) is 25.9 Å². The number of guanidine groups is 1. The van der Waals surface area contributed by atoms with Crippen LogP contribution in [0.5, 0.6) is 5.75 Å². The van der Waals surface area contributed by atoms with Crippen molar-refractivity contribution in [2.75, 3.05) is 26.2 Å². The molecule has 2 N–H and O–H groups in total. The molecule has 1 unspecified atom stereocenters. The van der Waals surface area contributed by atoms with E-state index in [2.05, 4.69) is 28.3 Å². The van der Waals surface area contributed by atoms with E-state index in [0.29, 0.717) is 18.9 Å². The molecule has 2 aliphatic rings. The van der Waals surface area contributed by atoms with E-state index in [0.717, 1.165) is 49.6 Å². The SMILES string of the molecule is CCNC(=NCc1c(O)ccc2c1CCCC2)N1CCOC(c2cnn(C)c2)C1.I. The number of morpholine rings is 1. The number of ether oxygens (including phenoxy) is 1. The zero-order valence-electron chi connectivity index (χ0n) is 17.8. The van der Waals surface area contributed by atoms with Gasteiger partial charge in [0, 0.05) is 37.5 Å². The number of aromatic nitrogens is 2. The number of rotatable bonds is 4. The topological polar surface area (TPSA) is 74.9 Å². The lowest BCUT2D eigenvalue weighted by Crippen LogP contribution is -2.48. The molecule has 1 aromatic heterocycles. The molecule has 0 spiro atoms. The van der Waals surface area contributed by atoms with Gasteiger partial charge in [-0.3, -0.25) is 4.68 Å². The van der Waals surface area contributed by atoms with E-state index >= 15 is 0 Å². The Morgan fingerprint density at radius 3 is 2.93 bits per heavy atom. The summed E-state index contributed by atoms with van der Waals surface area (Å²) >= 11 is 0. The van der Waals surface area contributed by atoms with E-state index in [4.69, 9.17) is 9.73 Å². The summed E-state index contributed by atoms with van der Waals surface area (Å²) in [5.74, 6) is 1.23. The van der Waals surface area contributed by atoms with Crippen molar-refractivity contribution < 1.29 is 9.84 Å². The van der Waals surface area contributed by atoms with Crippen LogP contribution in [-0.4, -0.2) is 52.0 Å². The van der Waals surface area contributed by atoms with Gasteiger partial charge in [-0.25, -0.2) is 4.99 Å². The van der Waals surface area contributed by atoms with E-state index in [1.165, 1.54) is 24.0 Å². The van der Waals surface area contributed by atoms with Gasteiger partial charge in [0.15, 0.2) is 5.96 Å². The monoisotopic (exact) mass is 525 g/mol. The Labute approximate surface area is 195 Å². The highest BCUT2D eigenvalue weighted by atomic mass is 127. The third-order valence-electron chi connectivity index (χ3n) is 5.81. The fourth-order valence-corrected chi connectivity index (χ4v) is 4.30. The van der Waals surface area contributed by atoms with Crippen LogP contribution in [0.15, 0.2) is 29.5 Å². The normalized spacial score (nSPS) is 19.2. The highest BCUT2D eigenvalue weighted by Gasteiger charge is 2.25. The Hall–Kier alpha value is -1.81. The standard InChI is InChI=1S/C22H31N5O2.HI/c1-3-23-22(27-10-11-29-21(15-27)17-12-25-26(2)14-17)24-13-19-18-7-5-4-6-16(18)8-9-20(19)28;/h8-9,12,14,21,28H,3-7,10-11,13,15H2,1-2H3,(H,23,24);1H. The number of hydrogen-bond donors (Lipinski definition) is 2. The minimum absolute atomic E-state index is 0. The lowest BCUT2D eigenvalue weighted by atomic mass is 9.88. The molecule has 1 aliphatic carbocycles. The predicted molar refractivity (Wildman–Crippen MR) is 128 cm³/mol. The van der Waals surface area contributed by atoms with Crippen molar-refractivity contribution in [2.24, 2.45) is 12.0 Å². The van der Waals surface area contributed by atoms with Gasteiger partial charge in [0.2, 0.25) is 0 Å². The molecule has 8 heteroatoms. The zero-order valence-corrected chi connectivity index (χ0v) is 20.1. The van der Waals surface area contributed by atoms with Crippen LogP contribution in [0.3, 0.4) is 0 Å². The number of aromatic hydroxyl groups is 1. The van der Waals surface area contributed by atoms with Crippen molar-refractivity contribution in [1.82, 2.24) is 20.0 Å². The summed E-state index contributed by atoms with van der Waals surface area (Å²) in [5.41, 5.74) is 4.73. The highest BCUT2D eigenvalue weighted by molar-refractivity contribution is 14.0. The number of fused-ring (bicyclic) bond motifs is 1. The van der Waals surface area contributed by atoms with Gasteiger partial charge in [-0.05, 0) is 49.8 Å². The number of nitrogens with zero attached hydrogens (tertiary/aromatic N) is 4. The largest absolute Gasteiger partial charge is 0.508 e. The van der Waals surface area contributed by atoms with Crippen molar-refractivity contribution in [1.29, 1.82) is 0 Å². The van der Waals surface area contributed by atoms with Crippen LogP contribution in [0.25, 0.3) is 0 Å². The van der Waals surface area contributed by atoms with Gasteiger partial charge in [0.25, 0.3) is 0 Å². The molecular formula is C22H32IN5O2. The Balaban J connectivity index is 0.00000256. The first-order valence-corrected chi connectivity index (χ1v) is 10.6. The van der Waals surface area contributed by atoms with E-state index < -0.39 is 0 Å². The predicted octanol–water partition coefficient (Wildman–Crippen LogP) is 3.16. The molecule has 1 saturated heterocycles. The van der Waals surface area contributed by atoms with E-state index in [-0.39, 0.29) is 30.1 Å². The van der Waals surface area contributed by atoms with Gasteiger partial charge in [0.1, 0.15) is 11.9 Å². The average Bonchev–Trinajstić information content (AvgIpc) is 3.18. The number of phenolic OH excluding ortho intramolecular Hbond substituents is 1. The third kappa shape index (κ3) is 5.08. The first-order chi connectivity index (χ1) is 14.2. The quantitative estimate of drug-likeness (QED) is 0.365. The average molecular weight is 525 g/mol. The van der Waals surface area contributed by atoms with Gasteiger partial charge in [-0.2, -0.15) is 5.10 Å². The molecule has 1 fully saturated rings. The van der Waals surface area contributed by atoms with Crippen LogP contribution >= 0.6 is 24.0 Å². The van der Waals surface area contributed by atoms with Gasteiger partial charge < -0.3 is 20.1 Å². The molecule has 0 radical (unpaired) electrons. The van der Waals surface area contributed by atoms with Crippen LogP contribution in [-0.2, 0) is 31.2 Å². The van der Waals surface area contributed by atoms with Crippen LogP contribution < -0.4 is 5.32 Å². The second-order valence-corrected chi connectivity index (χ2v) is 7.83. The van der Waals surface area contributed by atoms with Gasteiger partial charge >= 0.3 is 0 Å². The maximum absolute atomic E-state index is 10.5. The maximum Gasteiger partial charge on any atom is 0.194 e. The molecule has 2 aromatic rings. The number of hydrogen-bond acceptors (Lipinski definition) is 4. The molecule has 1 atom stereocenters. The first-order valence-electron chi connectivity index (χ1n) is 10.6. The molecule has 2 heterocycles. The minimum Gasteiger partial charge on any atom is -0.508 e. The molecule has 4 rings (SSSR count). The van der Waals surface area contributed by atoms with Crippen molar-refractivity contribution >= 4 is 29.9 Å². The molecule has 1 aliphatic heterocycles. The van der Waals surface area contributed by atoms with E-state index in [9.17, 15) is 5.11 Å². The fourth-order valence-electron chi connectivity index (χ4n) is 4.30. The number of benzene rings is 1. The van der Waals surface area contributed by atoms with Crippen molar-refractivity contribution in [3.8, 4) is 5.75 Å². The number of phenols is 1. The molecule has 164 valence electrons. The summed E-state index contributed by atoms with van der Waals surface area (Å²) in [4.78, 5) is 7.15. The summed E-state index contributed by atoms with van der Waals surface area (Å²) in [7, 11) is 1.92. The zero-order chi connectivity index (χ0) is 20.2. The fraction of sp³-hybridized carbons (Fsp3) is 0.545. The van der Waals surface area contributed by atoms with Crippen molar-refractivity contribution in [3.05, 3.63) is 46.8 Å². The summed E-state index contributed by atoms with van der Waals surface area (Å²) < 4.78 is 7.78. The number of nitrogens with one attached hydrogen (secondary N) is 1. The van der Waals surface area contributed by atoms with Crippen molar-refractivity contribution in [3.63, 3.8) is 0 Å². The van der Waals surface area contributed by atoms with Crippen LogP contribution in [0.2, 0.25) is 0 Å². The second kappa shape index (κ2) is 10.5. The van der Waals surface area contributed by atoms with Gasteiger partial charge in [-0.15, -0.1) is 24.0 Å². The number of aryl methyl sites for hydroxylation is 2. The first kappa shape index (κ1) is 22.9. The van der Waals surface area contributed by atoms with Gasteiger partial charge in [-0.1, -0.05) is 6.07 Å². The van der Waals surface area contributed by atoms with Crippen molar-refractivity contribution in [2.45, 2.75) is 45.3 Å². The van der Waals surface area contributed by atoms with E-state index in [1.54, 1.807) is 4.68 Å². The van der Waals surface area contributed by atoms with Crippen LogP contribution in [0, 0.1) is 0 Å². The second-order valence-electron chi connectivity index (χ2n) is 7.83. The lowest BCUT2D eigenvalue weighted by Gasteiger charge is -2.35. The maximum atomic E-state index is 10.5. The summed E-state index contributed by atoms with van der Waals surface area (Å²) in [6.07, 6.45) is 8.41. The smallest absolute Gasteiger partial charge is 0.194 e. The lowest BCUT2D eigenvalue weighted by molar-refractivity contribution is -0.00805. The number of halogens is 1. The molecule has 1 aromatic carbocycles. The molecule has 30 heavy (non-hydrogen) atoms. The Bertz CT molecular complexity index is 882. The minimum atomic E-state index is -0.0146. The molecule has 0 saturated carbocycles. The van der Waals surface area contributed by atoms with Crippen LogP contribution in [0.1, 0.15) is 48.1 Å². The molecule has 0 amide bonds. The molecule has 7 nitrogen and oxygen atoms in total. The Kier molecular flexibility index (Phi) is 7.99. The summed E-state index contributed by atoms with van der Waals surface area (Å²) in [6.45, 7) is 5.54. The van der Waals surface area contributed by atoms with Crippen LogP contribution in [0.4, 0.5) is 0 Å². The summed E-state index contributed by atoms with van der Waals surface area (Å²) in [5, 5.41) is 18.2. The highest BCUT2D eigenvalue weighted by Crippen LogP contribution is 2.31. The Morgan fingerprint density at radius 2 is 2.17 bits per heavy atom. The third-order valence-corrected chi connectivity index (χ3v) is 5.81. The Morgan fingerprint density at radius 1 is 1.33 bits per heavy atom. The summed E-state index contributed by atoms with van der Waals surface area (Å²) in [6, 6.07) is 3.90.